The van der Waals surface area contributed by atoms with Gasteiger partial charge in [-0.3, -0.25) is 4.52 Å². The monoisotopic (exact) mass is 854 g/mol. The first-order valence-electron chi connectivity index (χ1n) is 27.8. The van der Waals surface area contributed by atoms with Crippen LogP contribution in [0.25, 0.3) is 0 Å². The third-order valence-electron chi connectivity index (χ3n) is 13.2. The lowest BCUT2D eigenvalue weighted by molar-refractivity contribution is 0.195. The van der Waals surface area contributed by atoms with Gasteiger partial charge in [0.15, 0.2) is 0 Å². The summed E-state index contributed by atoms with van der Waals surface area (Å²) in [5.41, 5.74) is 0. The Hall–Kier alpha value is 0.110. The lowest BCUT2D eigenvalue weighted by Crippen LogP contribution is -2.24. The highest BCUT2D eigenvalue weighted by Crippen LogP contribution is 2.47. The van der Waals surface area contributed by atoms with Crippen LogP contribution in [0.15, 0.2) is 0 Å². The van der Waals surface area contributed by atoms with E-state index in [1.165, 1.54) is 270 Å². The van der Waals surface area contributed by atoms with Crippen molar-refractivity contribution in [3.63, 3.8) is 0 Å². The number of hydrogen-bond acceptors (Lipinski definition) is 2. The molecule has 1 atom stereocenters. The Bertz CT molecular complexity index is 758. The van der Waals surface area contributed by atoms with Crippen LogP contribution in [0.3, 0.4) is 0 Å². The Balaban J connectivity index is 3.71. The molecule has 0 rings (SSSR count). The van der Waals surface area contributed by atoms with E-state index < -0.39 is 7.75 Å². The van der Waals surface area contributed by atoms with Gasteiger partial charge in [-0.25, -0.2) is 9.24 Å². The maximum atomic E-state index is 13.2. The van der Waals surface area contributed by atoms with E-state index >= 15 is 0 Å². The Morgan fingerprint density at radius 1 is 0.288 bits per heavy atom. The molecule has 0 amide bonds. The molecule has 0 aliphatic heterocycles. The van der Waals surface area contributed by atoms with Gasteiger partial charge < -0.3 is 4.89 Å². The molecule has 0 aliphatic carbocycles. The number of nitrogens with zero attached hydrogens (tertiary/aromatic N) is 1. The van der Waals surface area contributed by atoms with E-state index in [2.05, 4.69) is 20.8 Å². The molecule has 0 aromatic heterocycles. The molecule has 0 saturated heterocycles. The molecule has 0 saturated carbocycles. The fourth-order valence-corrected chi connectivity index (χ4v) is 10.3. The van der Waals surface area contributed by atoms with Gasteiger partial charge in [0.05, 0.1) is 6.61 Å². The second kappa shape index (κ2) is 50.8. The van der Waals surface area contributed by atoms with Crippen LogP contribution in [0.4, 0.5) is 0 Å². The third kappa shape index (κ3) is 47.4. The van der Waals surface area contributed by atoms with Crippen molar-refractivity contribution in [3.05, 3.63) is 0 Å². The molecule has 5 heteroatoms. The zero-order valence-corrected chi connectivity index (χ0v) is 42.1. The predicted molar refractivity (Wildman–Crippen MR) is 266 cm³/mol. The number of rotatable bonds is 53. The van der Waals surface area contributed by atoms with E-state index in [4.69, 9.17) is 4.52 Å². The van der Waals surface area contributed by atoms with Crippen LogP contribution in [-0.2, 0) is 9.09 Å². The van der Waals surface area contributed by atoms with Crippen molar-refractivity contribution < 1.29 is 14.0 Å². The fraction of sp³-hybridized carbons (Fsp3) is 1.00. The van der Waals surface area contributed by atoms with Crippen LogP contribution in [-0.4, -0.2) is 29.3 Å². The molecular weight excluding hydrogens is 742 g/mol. The topological polar surface area (TPSA) is 49.8 Å². The smallest absolute Gasteiger partial charge is 0.312 e. The van der Waals surface area contributed by atoms with Crippen LogP contribution >= 0.6 is 7.75 Å². The van der Waals surface area contributed by atoms with E-state index in [9.17, 15) is 9.46 Å². The van der Waals surface area contributed by atoms with E-state index in [0.29, 0.717) is 19.7 Å². The van der Waals surface area contributed by atoms with Crippen LogP contribution < -0.4 is 0 Å². The summed E-state index contributed by atoms with van der Waals surface area (Å²) in [7, 11) is -3.69. The highest BCUT2D eigenvalue weighted by Gasteiger charge is 2.28. The molecule has 1 unspecified atom stereocenters. The Labute approximate surface area is 373 Å². The zero-order valence-electron chi connectivity index (χ0n) is 41.2. The van der Waals surface area contributed by atoms with Crippen LogP contribution in [0.1, 0.15) is 329 Å². The van der Waals surface area contributed by atoms with Gasteiger partial charge in [0.25, 0.3) is 0 Å². The van der Waals surface area contributed by atoms with E-state index in [-0.39, 0.29) is 0 Å². The predicted octanol–water partition coefficient (Wildman–Crippen LogP) is 20.2. The van der Waals surface area contributed by atoms with Gasteiger partial charge in [-0.1, -0.05) is 310 Å². The molecule has 0 fully saturated rings. The van der Waals surface area contributed by atoms with Crippen molar-refractivity contribution in [1.29, 1.82) is 0 Å². The maximum Gasteiger partial charge on any atom is 0.405 e. The summed E-state index contributed by atoms with van der Waals surface area (Å²) in [6, 6.07) is 0. The Morgan fingerprint density at radius 2 is 0.458 bits per heavy atom. The second-order valence-electron chi connectivity index (χ2n) is 19.2. The van der Waals surface area contributed by atoms with Gasteiger partial charge >= 0.3 is 7.75 Å². The van der Waals surface area contributed by atoms with Crippen molar-refractivity contribution >= 4 is 7.75 Å². The normalized spacial score (nSPS) is 12.9. The molecule has 59 heavy (non-hydrogen) atoms. The Morgan fingerprint density at radius 3 is 0.644 bits per heavy atom. The Kier molecular flexibility index (Phi) is 50.8. The van der Waals surface area contributed by atoms with Crippen molar-refractivity contribution in [2.75, 3.05) is 19.7 Å². The first kappa shape index (κ1) is 59.1. The summed E-state index contributed by atoms with van der Waals surface area (Å²) in [5, 5.41) is 0. The van der Waals surface area contributed by atoms with Crippen molar-refractivity contribution in [2.45, 2.75) is 329 Å². The quantitative estimate of drug-likeness (QED) is 0.0489. The van der Waals surface area contributed by atoms with Crippen molar-refractivity contribution in [2.24, 2.45) is 0 Å². The standard InChI is InChI=1S/C54H112NO3P/c1-4-7-10-12-14-16-18-20-22-24-26-28-30-32-34-36-38-40-42-44-46-48-50-52-55(59(56,57)58-54-9-6-3)53-51-49-47-45-43-41-39-37-35-33-31-29-27-25-23-21-19-17-15-13-11-8-5-2/h4-54H2,1-3H3,(H,56,57). The van der Waals surface area contributed by atoms with Gasteiger partial charge in [0.1, 0.15) is 0 Å². The minimum absolute atomic E-state index is 0.388. The van der Waals surface area contributed by atoms with Gasteiger partial charge in [-0.05, 0) is 19.3 Å². The third-order valence-corrected chi connectivity index (χ3v) is 14.8. The zero-order chi connectivity index (χ0) is 42.8. The summed E-state index contributed by atoms with van der Waals surface area (Å²) < 4.78 is 20.5. The summed E-state index contributed by atoms with van der Waals surface area (Å²) in [4.78, 5) is 10.8. The summed E-state index contributed by atoms with van der Waals surface area (Å²) in [6.45, 7) is 8.48. The first-order valence-corrected chi connectivity index (χ1v) is 29.3. The van der Waals surface area contributed by atoms with Crippen LogP contribution in [0.5, 0.6) is 0 Å². The molecule has 0 radical (unpaired) electrons. The first-order chi connectivity index (χ1) is 29.1. The second-order valence-corrected chi connectivity index (χ2v) is 21.0. The van der Waals surface area contributed by atoms with Gasteiger partial charge in [-0.15, -0.1) is 0 Å². The fourth-order valence-electron chi connectivity index (χ4n) is 8.93. The van der Waals surface area contributed by atoms with Gasteiger partial charge in [-0.2, -0.15) is 0 Å². The summed E-state index contributed by atoms with van der Waals surface area (Å²) in [5.74, 6) is 0. The van der Waals surface area contributed by atoms with E-state index in [0.717, 1.165) is 38.5 Å². The molecule has 4 nitrogen and oxygen atoms in total. The molecule has 356 valence electrons. The largest absolute Gasteiger partial charge is 0.405 e. The highest BCUT2D eigenvalue weighted by atomic mass is 31.2. The molecule has 0 heterocycles. The molecular formula is C54H112NO3P. The minimum Gasteiger partial charge on any atom is -0.312 e. The summed E-state index contributed by atoms with van der Waals surface area (Å²) >= 11 is 0. The lowest BCUT2D eigenvalue weighted by Gasteiger charge is -2.26. The van der Waals surface area contributed by atoms with E-state index in [1.54, 1.807) is 4.67 Å². The molecule has 0 bridgehead atoms. The van der Waals surface area contributed by atoms with Crippen LogP contribution in [0.2, 0.25) is 0 Å². The van der Waals surface area contributed by atoms with Crippen molar-refractivity contribution in [1.82, 2.24) is 4.67 Å². The minimum atomic E-state index is -3.69. The molecule has 0 aromatic rings. The summed E-state index contributed by atoms with van der Waals surface area (Å²) in [6.07, 6.45) is 65.7. The van der Waals surface area contributed by atoms with Crippen molar-refractivity contribution in [3.8, 4) is 0 Å². The van der Waals surface area contributed by atoms with Gasteiger partial charge in [0.2, 0.25) is 0 Å². The molecule has 1 N–H and O–H groups in total. The van der Waals surface area contributed by atoms with Crippen LogP contribution in [0, 0.1) is 0 Å². The maximum absolute atomic E-state index is 13.2. The lowest BCUT2D eigenvalue weighted by atomic mass is 10.0. The van der Waals surface area contributed by atoms with Gasteiger partial charge in [0, 0.05) is 13.1 Å². The highest BCUT2D eigenvalue weighted by molar-refractivity contribution is 7.50. The number of hydrogen-bond donors (Lipinski definition) is 1. The number of unbranched alkanes of at least 4 members (excludes halogenated alkanes) is 45. The molecule has 0 aromatic carbocycles. The average molecular weight is 854 g/mol. The molecule has 0 aliphatic rings. The SMILES string of the molecule is CCCCCCCCCCCCCCCCCCCCCCCCCN(CCCCCCCCCCCCCCCCCCCCCCCCC)P(=O)(O)OCCCC. The molecule has 0 spiro atoms. The van der Waals surface area contributed by atoms with E-state index in [1.807, 2.05) is 0 Å². The average Bonchev–Trinajstić information content (AvgIpc) is 3.23.